The SMILES string of the molecule is CCCn1cc(Br)cc1C(=O)N1CCOC(CO)C1. The number of aromatic nitrogens is 1. The van der Waals surface area contributed by atoms with Gasteiger partial charge in [-0.2, -0.15) is 0 Å². The van der Waals surface area contributed by atoms with Crippen molar-refractivity contribution >= 4 is 21.8 Å². The van der Waals surface area contributed by atoms with Crippen molar-refractivity contribution in [2.75, 3.05) is 26.3 Å². The average Bonchev–Trinajstić information content (AvgIpc) is 2.79. The van der Waals surface area contributed by atoms with Crippen LogP contribution in [0.3, 0.4) is 0 Å². The Bertz CT molecular complexity index is 447. The lowest BCUT2D eigenvalue weighted by Crippen LogP contribution is -2.47. The van der Waals surface area contributed by atoms with Crippen LogP contribution in [0.2, 0.25) is 0 Å². The van der Waals surface area contributed by atoms with Crippen molar-refractivity contribution in [3.63, 3.8) is 0 Å². The van der Waals surface area contributed by atoms with Crippen molar-refractivity contribution < 1.29 is 14.6 Å². The monoisotopic (exact) mass is 330 g/mol. The molecule has 1 aliphatic heterocycles. The Labute approximate surface area is 121 Å². The van der Waals surface area contributed by atoms with Crippen LogP contribution in [0.5, 0.6) is 0 Å². The van der Waals surface area contributed by atoms with Crippen LogP contribution < -0.4 is 0 Å². The lowest BCUT2D eigenvalue weighted by atomic mass is 10.2. The Morgan fingerprint density at radius 1 is 1.63 bits per heavy atom. The number of morpholine rings is 1. The molecule has 1 saturated heterocycles. The third-order valence-electron chi connectivity index (χ3n) is 3.18. The van der Waals surface area contributed by atoms with Crippen molar-refractivity contribution in [3.8, 4) is 0 Å². The fraction of sp³-hybridized carbons (Fsp3) is 0.615. The number of ether oxygens (including phenoxy) is 1. The number of aliphatic hydroxyl groups excluding tert-OH is 1. The Balaban J connectivity index is 2.14. The van der Waals surface area contributed by atoms with Crippen molar-refractivity contribution in [1.29, 1.82) is 0 Å². The molecule has 1 aromatic rings. The van der Waals surface area contributed by atoms with Crippen molar-refractivity contribution in [1.82, 2.24) is 9.47 Å². The summed E-state index contributed by atoms with van der Waals surface area (Å²) < 4.78 is 8.25. The van der Waals surface area contributed by atoms with Crippen molar-refractivity contribution in [2.24, 2.45) is 0 Å². The van der Waals surface area contributed by atoms with Gasteiger partial charge in [0.1, 0.15) is 5.69 Å². The van der Waals surface area contributed by atoms with Crippen LogP contribution >= 0.6 is 15.9 Å². The molecular formula is C13H19BrN2O3. The average molecular weight is 331 g/mol. The van der Waals surface area contributed by atoms with E-state index in [1.165, 1.54) is 0 Å². The number of rotatable bonds is 4. The highest BCUT2D eigenvalue weighted by molar-refractivity contribution is 9.10. The molecule has 1 amide bonds. The van der Waals surface area contributed by atoms with Crippen LogP contribution in [0.25, 0.3) is 0 Å². The maximum absolute atomic E-state index is 12.5. The van der Waals surface area contributed by atoms with Gasteiger partial charge in [-0.1, -0.05) is 6.92 Å². The third-order valence-corrected chi connectivity index (χ3v) is 3.61. The second kappa shape index (κ2) is 6.54. The van der Waals surface area contributed by atoms with Crippen LogP contribution in [0.4, 0.5) is 0 Å². The number of halogens is 1. The van der Waals surface area contributed by atoms with E-state index in [0.29, 0.717) is 25.4 Å². The van der Waals surface area contributed by atoms with Gasteiger partial charge in [-0.3, -0.25) is 4.79 Å². The zero-order valence-corrected chi connectivity index (χ0v) is 12.6. The molecule has 1 atom stereocenters. The summed E-state index contributed by atoms with van der Waals surface area (Å²) >= 11 is 3.41. The highest BCUT2D eigenvalue weighted by Gasteiger charge is 2.26. The van der Waals surface area contributed by atoms with Crippen LogP contribution in [0.1, 0.15) is 23.8 Å². The number of amides is 1. The summed E-state index contributed by atoms with van der Waals surface area (Å²) in [5.41, 5.74) is 0.687. The first-order valence-electron chi connectivity index (χ1n) is 6.53. The molecule has 2 heterocycles. The van der Waals surface area contributed by atoms with E-state index in [1.807, 2.05) is 16.8 Å². The molecule has 1 N–H and O–H groups in total. The minimum absolute atomic E-state index is 0.000833. The van der Waals surface area contributed by atoms with Crippen LogP contribution in [0, 0.1) is 0 Å². The molecule has 0 spiro atoms. The lowest BCUT2D eigenvalue weighted by molar-refractivity contribution is -0.0449. The summed E-state index contributed by atoms with van der Waals surface area (Å²) in [6.45, 7) is 4.35. The molecule has 1 unspecified atom stereocenters. The van der Waals surface area contributed by atoms with Crippen molar-refractivity contribution in [3.05, 3.63) is 22.4 Å². The summed E-state index contributed by atoms with van der Waals surface area (Å²) in [7, 11) is 0. The molecule has 19 heavy (non-hydrogen) atoms. The van der Waals surface area contributed by atoms with E-state index in [-0.39, 0.29) is 18.6 Å². The normalized spacial score (nSPS) is 19.7. The van der Waals surface area contributed by atoms with E-state index in [2.05, 4.69) is 22.9 Å². The van der Waals surface area contributed by atoms with E-state index in [0.717, 1.165) is 17.4 Å². The topological polar surface area (TPSA) is 54.7 Å². The molecule has 0 aromatic carbocycles. The number of nitrogens with zero attached hydrogens (tertiary/aromatic N) is 2. The van der Waals surface area contributed by atoms with Gasteiger partial charge >= 0.3 is 0 Å². The van der Waals surface area contributed by atoms with E-state index in [1.54, 1.807) is 4.90 Å². The van der Waals surface area contributed by atoms with Crippen molar-refractivity contribution in [2.45, 2.75) is 26.0 Å². The molecule has 1 aliphatic rings. The largest absolute Gasteiger partial charge is 0.394 e. The maximum Gasteiger partial charge on any atom is 0.270 e. The molecule has 2 rings (SSSR count). The lowest BCUT2D eigenvalue weighted by Gasteiger charge is -2.32. The van der Waals surface area contributed by atoms with Gasteiger partial charge in [-0.15, -0.1) is 0 Å². The quantitative estimate of drug-likeness (QED) is 0.910. The minimum Gasteiger partial charge on any atom is -0.394 e. The number of aliphatic hydroxyl groups is 1. The standard InChI is InChI=1S/C13H19BrN2O3/c1-2-3-15-7-10(14)6-12(15)13(18)16-4-5-19-11(8-16)9-17/h6-7,11,17H,2-5,8-9H2,1H3. The molecule has 1 aromatic heterocycles. The molecule has 0 bridgehead atoms. The molecule has 106 valence electrons. The predicted octanol–water partition coefficient (Wildman–Crippen LogP) is 1.49. The van der Waals surface area contributed by atoms with E-state index in [9.17, 15) is 4.79 Å². The van der Waals surface area contributed by atoms with Gasteiger partial charge in [0.15, 0.2) is 0 Å². The molecule has 5 nitrogen and oxygen atoms in total. The van der Waals surface area contributed by atoms with Crippen LogP contribution in [-0.2, 0) is 11.3 Å². The number of hydrogen-bond acceptors (Lipinski definition) is 3. The van der Waals surface area contributed by atoms with Gasteiger partial charge in [0, 0.05) is 30.3 Å². The molecule has 0 radical (unpaired) electrons. The summed E-state index contributed by atoms with van der Waals surface area (Å²) in [6, 6.07) is 1.85. The number of aryl methyl sites for hydroxylation is 1. The number of hydrogen-bond donors (Lipinski definition) is 1. The minimum atomic E-state index is -0.268. The molecule has 0 saturated carbocycles. The molecule has 6 heteroatoms. The van der Waals surface area contributed by atoms with Gasteiger partial charge in [-0.25, -0.2) is 0 Å². The van der Waals surface area contributed by atoms with Crippen LogP contribution in [-0.4, -0.2) is 52.9 Å². The Hall–Kier alpha value is -0.850. The Morgan fingerprint density at radius 2 is 2.42 bits per heavy atom. The fourth-order valence-electron chi connectivity index (χ4n) is 2.26. The maximum atomic E-state index is 12.5. The molecule has 1 fully saturated rings. The summed E-state index contributed by atoms with van der Waals surface area (Å²) in [5, 5.41) is 9.13. The van der Waals surface area contributed by atoms with Crippen LogP contribution in [0.15, 0.2) is 16.7 Å². The molecular weight excluding hydrogens is 312 g/mol. The second-order valence-corrected chi connectivity index (χ2v) is 5.58. The zero-order chi connectivity index (χ0) is 13.8. The first-order valence-corrected chi connectivity index (χ1v) is 7.32. The van der Waals surface area contributed by atoms with Gasteiger partial charge in [-0.05, 0) is 28.4 Å². The highest BCUT2D eigenvalue weighted by Crippen LogP contribution is 2.18. The van der Waals surface area contributed by atoms with E-state index < -0.39 is 0 Å². The smallest absolute Gasteiger partial charge is 0.270 e. The highest BCUT2D eigenvalue weighted by atomic mass is 79.9. The predicted molar refractivity (Wildman–Crippen MR) is 75.2 cm³/mol. The second-order valence-electron chi connectivity index (χ2n) is 4.66. The summed E-state index contributed by atoms with van der Waals surface area (Å²) in [4.78, 5) is 14.3. The summed E-state index contributed by atoms with van der Waals surface area (Å²) in [6.07, 6.45) is 2.64. The Morgan fingerprint density at radius 3 is 3.11 bits per heavy atom. The fourth-order valence-corrected chi connectivity index (χ4v) is 2.72. The first kappa shape index (κ1) is 14.6. The Kier molecular flexibility index (Phi) is 5.01. The van der Waals surface area contributed by atoms with Gasteiger partial charge < -0.3 is 19.3 Å². The zero-order valence-electron chi connectivity index (χ0n) is 11.0. The number of carbonyl (C=O) groups excluding carboxylic acids is 1. The van der Waals surface area contributed by atoms with E-state index >= 15 is 0 Å². The third kappa shape index (κ3) is 3.38. The first-order chi connectivity index (χ1) is 9.15. The van der Waals surface area contributed by atoms with Gasteiger partial charge in [0.05, 0.1) is 19.3 Å². The molecule has 0 aliphatic carbocycles. The summed E-state index contributed by atoms with van der Waals surface area (Å²) in [5.74, 6) is 0.000833. The van der Waals surface area contributed by atoms with Gasteiger partial charge in [0.25, 0.3) is 5.91 Å². The van der Waals surface area contributed by atoms with Gasteiger partial charge in [0.2, 0.25) is 0 Å². The number of carbonyl (C=O) groups is 1. The van der Waals surface area contributed by atoms with E-state index in [4.69, 9.17) is 9.84 Å².